The fourth-order valence-electron chi connectivity index (χ4n) is 3.57. The van der Waals surface area contributed by atoms with Crippen LogP contribution in [0.15, 0.2) is 54.5 Å². The number of piperidine rings is 1. The number of hydrogen-bond acceptors (Lipinski definition) is 8. The molecule has 2 aliphatic heterocycles. The van der Waals surface area contributed by atoms with Crippen molar-refractivity contribution in [2.45, 2.75) is 31.3 Å². The largest absolute Gasteiger partial charge is 0.401 e. The molecule has 1 saturated heterocycles. The van der Waals surface area contributed by atoms with E-state index in [2.05, 4.69) is 21.8 Å². The van der Waals surface area contributed by atoms with Crippen LogP contribution in [0.1, 0.15) is 6.92 Å². The van der Waals surface area contributed by atoms with Gasteiger partial charge < -0.3 is 37.3 Å². The Kier molecular flexibility index (Phi) is 6.35. The fourth-order valence-corrected chi connectivity index (χ4v) is 3.57. The molecule has 0 radical (unpaired) electrons. The number of allylic oxidation sites excluding steroid dienone is 3. The Morgan fingerprint density at radius 3 is 2.89 bits per heavy atom. The molecule has 0 aliphatic carbocycles. The monoisotopic (exact) mass is 386 g/mol. The lowest BCUT2D eigenvalue weighted by Crippen LogP contribution is -2.55. The van der Waals surface area contributed by atoms with Crippen molar-refractivity contribution in [3.63, 3.8) is 0 Å². The van der Waals surface area contributed by atoms with Gasteiger partial charge in [-0.2, -0.15) is 0 Å². The first-order chi connectivity index (χ1) is 13.4. The SMILES string of the molecule is C=C1/C=C\COC(Nc2cnccc2N2C[C@@H](N)[C@H](O)[C@@H](C)C2)C(N)/C(N)=C\1. The lowest BCUT2D eigenvalue weighted by atomic mass is 9.92. The molecule has 0 bridgehead atoms. The highest BCUT2D eigenvalue weighted by molar-refractivity contribution is 5.69. The van der Waals surface area contributed by atoms with Gasteiger partial charge in [-0.1, -0.05) is 25.7 Å². The molecule has 28 heavy (non-hydrogen) atoms. The van der Waals surface area contributed by atoms with Crippen LogP contribution in [0.4, 0.5) is 11.4 Å². The van der Waals surface area contributed by atoms with Crippen molar-refractivity contribution >= 4 is 11.4 Å². The van der Waals surface area contributed by atoms with E-state index in [9.17, 15) is 5.11 Å². The fraction of sp³-hybridized carbons (Fsp3) is 0.450. The first kappa shape index (κ1) is 20.3. The minimum Gasteiger partial charge on any atom is -0.401 e. The average Bonchev–Trinajstić information content (AvgIpc) is 2.72. The molecule has 8 nitrogen and oxygen atoms in total. The van der Waals surface area contributed by atoms with Crippen LogP contribution < -0.4 is 27.4 Å². The summed E-state index contributed by atoms with van der Waals surface area (Å²) in [5.74, 6) is 0.0582. The molecular weight excluding hydrogens is 356 g/mol. The molecule has 1 fully saturated rings. The number of ether oxygens (including phenoxy) is 1. The third-order valence-electron chi connectivity index (χ3n) is 5.16. The van der Waals surface area contributed by atoms with Crippen LogP contribution in [-0.4, -0.2) is 54.2 Å². The molecule has 0 aromatic carbocycles. The van der Waals surface area contributed by atoms with Crippen LogP contribution >= 0.6 is 0 Å². The predicted octanol–water partition coefficient (Wildman–Crippen LogP) is 0.276. The number of anilines is 2. The molecule has 3 heterocycles. The highest BCUT2D eigenvalue weighted by Crippen LogP contribution is 2.30. The molecule has 8 N–H and O–H groups in total. The molecule has 1 aromatic rings. The maximum atomic E-state index is 10.2. The minimum absolute atomic E-state index is 0.0582. The topological polar surface area (TPSA) is 136 Å². The van der Waals surface area contributed by atoms with Gasteiger partial charge in [0.05, 0.1) is 36.3 Å². The van der Waals surface area contributed by atoms with Gasteiger partial charge in [0.2, 0.25) is 0 Å². The van der Waals surface area contributed by atoms with E-state index in [4.69, 9.17) is 21.9 Å². The van der Waals surface area contributed by atoms with Gasteiger partial charge in [0, 0.05) is 36.9 Å². The van der Waals surface area contributed by atoms with E-state index in [0.717, 1.165) is 16.9 Å². The Hall–Kier alpha value is -2.39. The van der Waals surface area contributed by atoms with Crippen molar-refractivity contribution < 1.29 is 9.84 Å². The quantitative estimate of drug-likeness (QED) is 0.500. The molecule has 3 rings (SSSR count). The maximum absolute atomic E-state index is 10.2. The lowest BCUT2D eigenvalue weighted by Gasteiger charge is -2.40. The van der Waals surface area contributed by atoms with Crippen molar-refractivity contribution in [2.24, 2.45) is 23.1 Å². The Balaban J connectivity index is 1.83. The summed E-state index contributed by atoms with van der Waals surface area (Å²) < 4.78 is 5.90. The zero-order valence-corrected chi connectivity index (χ0v) is 16.2. The predicted molar refractivity (Wildman–Crippen MR) is 111 cm³/mol. The van der Waals surface area contributed by atoms with Gasteiger partial charge in [-0.15, -0.1) is 0 Å². The Labute approximate surface area is 165 Å². The summed E-state index contributed by atoms with van der Waals surface area (Å²) in [6, 6.07) is 1.04. The highest BCUT2D eigenvalue weighted by Gasteiger charge is 2.32. The Morgan fingerprint density at radius 2 is 2.14 bits per heavy atom. The highest BCUT2D eigenvalue weighted by atomic mass is 16.5. The van der Waals surface area contributed by atoms with Gasteiger partial charge in [-0.3, -0.25) is 4.98 Å². The summed E-state index contributed by atoms with van der Waals surface area (Å²) in [4.78, 5) is 6.38. The molecule has 0 amide bonds. The van der Waals surface area contributed by atoms with Gasteiger partial charge in [0.1, 0.15) is 6.23 Å². The van der Waals surface area contributed by atoms with E-state index in [-0.39, 0.29) is 12.0 Å². The van der Waals surface area contributed by atoms with Gasteiger partial charge in [-0.25, -0.2) is 0 Å². The summed E-state index contributed by atoms with van der Waals surface area (Å²) in [5.41, 5.74) is 21.5. The molecule has 2 unspecified atom stereocenters. The first-order valence-corrected chi connectivity index (χ1v) is 9.45. The second kappa shape index (κ2) is 8.74. The van der Waals surface area contributed by atoms with Gasteiger partial charge in [0.25, 0.3) is 0 Å². The van der Waals surface area contributed by atoms with Crippen LogP contribution in [0.2, 0.25) is 0 Å². The third-order valence-corrected chi connectivity index (χ3v) is 5.16. The molecule has 152 valence electrons. The lowest BCUT2D eigenvalue weighted by molar-refractivity contribution is 0.0781. The second-order valence-electron chi connectivity index (χ2n) is 7.48. The van der Waals surface area contributed by atoms with Crippen molar-refractivity contribution in [1.82, 2.24) is 4.98 Å². The van der Waals surface area contributed by atoms with E-state index in [1.807, 2.05) is 25.1 Å². The van der Waals surface area contributed by atoms with Crippen molar-refractivity contribution in [1.29, 1.82) is 0 Å². The zero-order valence-electron chi connectivity index (χ0n) is 16.2. The summed E-state index contributed by atoms with van der Waals surface area (Å²) in [6.07, 6.45) is 7.87. The van der Waals surface area contributed by atoms with Gasteiger partial charge in [-0.05, 0) is 17.7 Å². The standard InChI is InChI=1S/C20H30N6O2/c1-12-4-3-7-28-20(18(23)14(21)8-12)25-16-9-24-6-5-17(16)26-10-13(2)19(27)15(22)11-26/h3-6,8-9,13,15,18-20,25,27H,1,7,10-11,21-23H2,2H3/b4-3-,14-8+/t13-,15+,18?,19+,20?/m0/s1. The summed E-state index contributed by atoms with van der Waals surface area (Å²) in [5, 5.41) is 13.5. The van der Waals surface area contributed by atoms with E-state index in [1.54, 1.807) is 18.5 Å². The molecule has 0 saturated carbocycles. The number of aromatic nitrogens is 1. The van der Waals surface area contributed by atoms with Crippen LogP contribution in [-0.2, 0) is 4.74 Å². The first-order valence-electron chi connectivity index (χ1n) is 9.45. The van der Waals surface area contributed by atoms with Gasteiger partial charge >= 0.3 is 0 Å². The van der Waals surface area contributed by atoms with Crippen LogP contribution in [0.5, 0.6) is 0 Å². The Morgan fingerprint density at radius 1 is 1.36 bits per heavy atom. The van der Waals surface area contributed by atoms with E-state index in [0.29, 0.717) is 25.4 Å². The number of aliphatic hydroxyl groups is 1. The average molecular weight is 387 g/mol. The van der Waals surface area contributed by atoms with E-state index < -0.39 is 18.4 Å². The van der Waals surface area contributed by atoms with E-state index >= 15 is 0 Å². The maximum Gasteiger partial charge on any atom is 0.149 e. The normalized spacial score (nSPS) is 34.6. The minimum atomic E-state index is -0.561. The molecule has 1 aromatic heterocycles. The van der Waals surface area contributed by atoms with E-state index in [1.165, 1.54) is 0 Å². The molecular formula is C20H30N6O2. The molecule has 8 heteroatoms. The summed E-state index contributed by atoms with van der Waals surface area (Å²) in [7, 11) is 0. The van der Waals surface area contributed by atoms with Crippen LogP contribution in [0.25, 0.3) is 0 Å². The number of nitrogens with two attached hydrogens (primary N) is 3. The third kappa shape index (κ3) is 4.53. The number of nitrogens with zero attached hydrogens (tertiary/aromatic N) is 2. The number of hydrogen-bond donors (Lipinski definition) is 5. The zero-order chi connectivity index (χ0) is 20.3. The van der Waals surface area contributed by atoms with Crippen molar-refractivity contribution in [3.8, 4) is 0 Å². The number of nitrogens with one attached hydrogen (secondary N) is 1. The van der Waals surface area contributed by atoms with Crippen molar-refractivity contribution in [2.75, 3.05) is 29.9 Å². The van der Waals surface area contributed by atoms with Crippen molar-refractivity contribution in [3.05, 3.63) is 54.5 Å². The number of pyridine rings is 1. The summed E-state index contributed by atoms with van der Waals surface area (Å²) in [6.45, 7) is 7.53. The van der Waals surface area contributed by atoms with Crippen LogP contribution in [0, 0.1) is 5.92 Å². The van der Waals surface area contributed by atoms with Crippen LogP contribution in [0.3, 0.4) is 0 Å². The smallest absolute Gasteiger partial charge is 0.149 e. The molecule has 0 spiro atoms. The second-order valence-corrected chi connectivity index (χ2v) is 7.48. The number of aliphatic hydroxyl groups excluding tert-OH is 1. The number of rotatable bonds is 3. The molecule has 2 aliphatic rings. The Bertz CT molecular complexity index is 753. The summed E-state index contributed by atoms with van der Waals surface area (Å²) >= 11 is 0. The molecule has 5 atom stereocenters. The van der Waals surface area contributed by atoms with Gasteiger partial charge in [0.15, 0.2) is 0 Å².